The van der Waals surface area contributed by atoms with Crippen LogP contribution >= 0.6 is 11.8 Å². The van der Waals surface area contributed by atoms with Crippen LogP contribution in [0.1, 0.15) is 18.9 Å². The van der Waals surface area contributed by atoms with E-state index in [9.17, 15) is 17.6 Å². The van der Waals surface area contributed by atoms with E-state index >= 15 is 0 Å². The van der Waals surface area contributed by atoms with Crippen molar-refractivity contribution in [3.05, 3.63) is 54.3 Å². The number of aromatic nitrogens is 4. The van der Waals surface area contributed by atoms with Gasteiger partial charge in [-0.15, -0.1) is 5.10 Å². The maximum absolute atomic E-state index is 13.0. The summed E-state index contributed by atoms with van der Waals surface area (Å²) < 4.78 is 41.8. The number of halogens is 1. The summed E-state index contributed by atoms with van der Waals surface area (Å²) in [5.41, 5.74) is 0.836. The van der Waals surface area contributed by atoms with E-state index in [1.165, 1.54) is 36.0 Å². The van der Waals surface area contributed by atoms with Gasteiger partial charge in [0.25, 0.3) is 10.0 Å². The number of hydrogen-bond donors (Lipinski definition) is 2. The zero-order valence-electron chi connectivity index (χ0n) is 15.5. The highest BCUT2D eigenvalue weighted by Crippen LogP contribution is 2.36. The molecule has 2 aromatic carbocycles. The Hall–Kier alpha value is -2.99. The summed E-state index contributed by atoms with van der Waals surface area (Å²) in [4.78, 5) is 12.1. The second-order valence-corrected chi connectivity index (χ2v) is 9.24. The Morgan fingerprint density at radius 2 is 1.77 bits per heavy atom. The quantitative estimate of drug-likeness (QED) is 0.509. The Balaban J connectivity index is 1.32. The molecule has 1 saturated carbocycles. The van der Waals surface area contributed by atoms with Crippen LogP contribution in [0.15, 0.2) is 58.6 Å². The maximum Gasteiger partial charge on any atom is 0.261 e. The van der Waals surface area contributed by atoms with Crippen LogP contribution in [0.5, 0.6) is 0 Å². The Morgan fingerprint density at radius 3 is 2.43 bits per heavy atom. The van der Waals surface area contributed by atoms with Crippen LogP contribution in [0, 0.1) is 5.82 Å². The van der Waals surface area contributed by atoms with Gasteiger partial charge in [0.2, 0.25) is 11.1 Å². The van der Waals surface area contributed by atoms with Gasteiger partial charge in [0, 0.05) is 11.4 Å². The first-order valence-electron chi connectivity index (χ1n) is 9.00. The standard InChI is InChI=1S/C18H17FN6O3S2/c19-12-1-9-16(10-2-12)30(27,28)22-14-5-3-13(4-6-14)20-17(26)11-29-18-21-23-24-25(18)15-7-8-15/h1-6,9-10,15,22H,7-8,11H2,(H,20,26). The first-order valence-corrected chi connectivity index (χ1v) is 11.5. The molecule has 156 valence electrons. The summed E-state index contributed by atoms with van der Waals surface area (Å²) in [5, 5.41) is 14.9. The van der Waals surface area contributed by atoms with E-state index in [2.05, 4.69) is 25.6 Å². The highest BCUT2D eigenvalue weighted by Gasteiger charge is 2.28. The molecule has 0 bridgehead atoms. The number of tetrazole rings is 1. The minimum absolute atomic E-state index is 0.0492. The summed E-state index contributed by atoms with van der Waals surface area (Å²) in [7, 11) is -3.83. The molecule has 1 aliphatic carbocycles. The van der Waals surface area contributed by atoms with Gasteiger partial charge in [0.15, 0.2) is 0 Å². The predicted molar refractivity (Wildman–Crippen MR) is 109 cm³/mol. The van der Waals surface area contributed by atoms with Crippen LogP contribution in [-0.2, 0) is 14.8 Å². The molecular weight excluding hydrogens is 431 g/mol. The van der Waals surface area contributed by atoms with Gasteiger partial charge in [0.05, 0.1) is 16.7 Å². The second kappa shape index (κ2) is 8.40. The van der Waals surface area contributed by atoms with Crippen molar-refractivity contribution in [1.29, 1.82) is 0 Å². The summed E-state index contributed by atoms with van der Waals surface area (Å²) in [5.74, 6) is -0.604. The molecule has 0 spiro atoms. The van der Waals surface area contributed by atoms with E-state index in [0.29, 0.717) is 22.6 Å². The normalized spacial score (nSPS) is 13.8. The monoisotopic (exact) mass is 448 g/mol. The third kappa shape index (κ3) is 4.94. The fourth-order valence-corrected chi connectivity index (χ4v) is 4.41. The van der Waals surface area contributed by atoms with Crippen molar-refractivity contribution < 1.29 is 17.6 Å². The van der Waals surface area contributed by atoms with Crippen LogP contribution in [0.25, 0.3) is 0 Å². The number of sulfonamides is 1. The minimum Gasteiger partial charge on any atom is -0.325 e. The van der Waals surface area contributed by atoms with Gasteiger partial charge < -0.3 is 5.32 Å². The third-order valence-electron chi connectivity index (χ3n) is 4.23. The van der Waals surface area contributed by atoms with E-state index in [1.54, 1.807) is 16.8 Å². The lowest BCUT2D eigenvalue weighted by Gasteiger charge is -2.09. The Bertz CT molecular complexity index is 1150. The number of nitrogens with zero attached hydrogens (tertiary/aromatic N) is 4. The molecule has 0 saturated heterocycles. The largest absolute Gasteiger partial charge is 0.325 e. The average Bonchev–Trinajstić information content (AvgIpc) is 3.45. The number of nitrogens with one attached hydrogen (secondary N) is 2. The Morgan fingerprint density at radius 1 is 1.10 bits per heavy atom. The number of benzene rings is 2. The molecule has 3 aromatic rings. The van der Waals surface area contributed by atoms with Gasteiger partial charge in [-0.1, -0.05) is 11.8 Å². The van der Waals surface area contributed by atoms with Crippen molar-refractivity contribution in [2.45, 2.75) is 28.9 Å². The summed E-state index contributed by atoms with van der Waals surface area (Å²) in [6, 6.07) is 11.1. The zero-order chi connectivity index (χ0) is 21.1. The van der Waals surface area contributed by atoms with Gasteiger partial charge in [-0.3, -0.25) is 9.52 Å². The van der Waals surface area contributed by atoms with Crippen molar-refractivity contribution in [3.63, 3.8) is 0 Å². The second-order valence-electron chi connectivity index (χ2n) is 6.61. The van der Waals surface area contributed by atoms with Crippen molar-refractivity contribution in [3.8, 4) is 0 Å². The van der Waals surface area contributed by atoms with Gasteiger partial charge in [0.1, 0.15) is 5.82 Å². The molecule has 2 N–H and O–H groups in total. The van der Waals surface area contributed by atoms with Crippen LogP contribution in [0.3, 0.4) is 0 Å². The van der Waals surface area contributed by atoms with Crippen molar-refractivity contribution in [2.75, 3.05) is 15.8 Å². The maximum atomic E-state index is 13.0. The SMILES string of the molecule is O=C(CSc1nnnn1C1CC1)Nc1ccc(NS(=O)(=O)c2ccc(F)cc2)cc1. The summed E-state index contributed by atoms with van der Waals surface area (Å²) >= 11 is 1.26. The topological polar surface area (TPSA) is 119 Å². The fraction of sp³-hybridized carbons (Fsp3) is 0.222. The molecule has 0 aliphatic heterocycles. The smallest absolute Gasteiger partial charge is 0.261 e. The number of carbonyl (C=O) groups is 1. The van der Waals surface area contributed by atoms with E-state index in [1.807, 2.05) is 0 Å². The van der Waals surface area contributed by atoms with Crippen molar-refractivity contribution >= 4 is 39.1 Å². The molecule has 0 unspecified atom stereocenters. The molecule has 9 nitrogen and oxygen atoms in total. The van der Waals surface area contributed by atoms with Gasteiger partial charge in [-0.05, 0) is 71.8 Å². The Kier molecular flexibility index (Phi) is 5.68. The zero-order valence-corrected chi connectivity index (χ0v) is 17.2. The van der Waals surface area contributed by atoms with Crippen LogP contribution < -0.4 is 10.0 Å². The van der Waals surface area contributed by atoms with E-state index in [-0.39, 0.29) is 16.6 Å². The van der Waals surface area contributed by atoms with Gasteiger partial charge in [-0.2, -0.15) is 0 Å². The fourth-order valence-electron chi connectivity index (χ4n) is 2.61. The predicted octanol–water partition coefficient (Wildman–Crippen LogP) is 2.68. The summed E-state index contributed by atoms with van der Waals surface area (Å²) in [6.45, 7) is 0. The number of carbonyl (C=O) groups excluding carboxylic acids is 1. The molecule has 4 rings (SSSR count). The first-order chi connectivity index (χ1) is 14.4. The van der Waals surface area contributed by atoms with E-state index in [0.717, 1.165) is 25.0 Å². The average molecular weight is 449 g/mol. The number of rotatable bonds is 8. The molecule has 1 fully saturated rings. The van der Waals surface area contributed by atoms with E-state index in [4.69, 9.17) is 0 Å². The first kappa shape index (κ1) is 20.3. The molecule has 0 radical (unpaired) electrons. The lowest BCUT2D eigenvalue weighted by molar-refractivity contribution is -0.113. The van der Waals surface area contributed by atoms with Crippen molar-refractivity contribution in [2.24, 2.45) is 0 Å². The summed E-state index contributed by atoms with van der Waals surface area (Å²) in [6.07, 6.45) is 2.09. The van der Waals surface area contributed by atoms with E-state index < -0.39 is 15.8 Å². The number of anilines is 2. The molecular formula is C18H17FN6O3S2. The molecule has 1 aliphatic rings. The minimum atomic E-state index is -3.83. The molecule has 1 heterocycles. The van der Waals surface area contributed by atoms with Crippen molar-refractivity contribution in [1.82, 2.24) is 20.2 Å². The van der Waals surface area contributed by atoms with Crippen LogP contribution in [-0.4, -0.2) is 40.3 Å². The molecule has 1 aromatic heterocycles. The van der Waals surface area contributed by atoms with Crippen LogP contribution in [0.4, 0.5) is 15.8 Å². The van der Waals surface area contributed by atoms with Gasteiger partial charge >= 0.3 is 0 Å². The lowest BCUT2D eigenvalue weighted by Crippen LogP contribution is -2.15. The number of amides is 1. The molecule has 0 atom stereocenters. The number of thioether (sulfide) groups is 1. The third-order valence-corrected chi connectivity index (χ3v) is 6.56. The van der Waals surface area contributed by atoms with Gasteiger partial charge in [-0.25, -0.2) is 17.5 Å². The molecule has 12 heteroatoms. The molecule has 1 amide bonds. The molecule has 30 heavy (non-hydrogen) atoms. The highest BCUT2D eigenvalue weighted by atomic mass is 32.2. The lowest BCUT2D eigenvalue weighted by atomic mass is 10.3. The Labute approximate surface area is 176 Å². The highest BCUT2D eigenvalue weighted by molar-refractivity contribution is 7.99. The number of hydrogen-bond acceptors (Lipinski definition) is 7. The van der Waals surface area contributed by atoms with Crippen LogP contribution in [0.2, 0.25) is 0 Å².